The van der Waals surface area contributed by atoms with Crippen LogP contribution in [-0.4, -0.2) is 31.3 Å². The van der Waals surface area contributed by atoms with E-state index in [9.17, 15) is 4.79 Å². The lowest BCUT2D eigenvalue weighted by Crippen LogP contribution is -2.39. The number of alkyl carbamates (subject to hydrolysis) is 1. The molecule has 1 rings (SSSR count). The van der Waals surface area contributed by atoms with Crippen molar-refractivity contribution in [2.45, 2.75) is 72.3 Å². The average Bonchev–Trinajstić information content (AvgIpc) is 2.88. The summed E-state index contributed by atoms with van der Waals surface area (Å²) in [6, 6.07) is 0. The largest absolute Gasteiger partial charge is 0.444 e. The van der Waals surface area contributed by atoms with Gasteiger partial charge >= 0.3 is 6.09 Å². The predicted octanol–water partition coefficient (Wildman–Crippen LogP) is 3.95. The fourth-order valence-corrected chi connectivity index (χ4v) is 2.96. The molecule has 0 bridgehead atoms. The zero-order valence-electron chi connectivity index (χ0n) is 15.2. The fraction of sp³-hybridized carbons (Fsp3) is 0.944. The smallest absolute Gasteiger partial charge is 0.407 e. The van der Waals surface area contributed by atoms with Gasteiger partial charge in [0.1, 0.15) is 5.60 Å². The minimum absolute atomic E-state index is 0.316. The number of hydrogen-bond acceptors (Lipinski definition) is 3. The van der Waals surface area contributed by atoms with E-state index in [1.54, 1.807) is 0 Å². The summed E-state index contributed by atoms with van der Waals surface area (Å²) in [5, 5.41) is 6.48. The molecule has 1 aliphatic rings. The van der Waals surface area contributed by atoms with Crippen LogP contribution in [-0.2, 0) is 4.74 Å². The Bertz CT molecular complexity index is 318. The second-order valence-electron chi connectivity index (χ2n) is 8.03. The molecule has 0 aromatic carbocycles. The maximum atomic E-state index is 11.7. The Morgan fingerprint density at radius 3 is 2.36 bits per heavy atom. The Kier molecular flexibility index (Phi) is 8.23. The summed E-state index contributed by atoms with van der Waals surface area (Å²) in [4.78, 5) is 11.7. The van der Waals surface area contributed by atoms with E-state index in [4.69, 9.17) is 4.74 Å². The monoisotopic (exact) mass is 312 g/mol. The van der Waals surface area contributed by atoms with Crippen molar-refractivity contribution in [3.8, 4) is 0 Å². The van der Waals surface area contributed by atoms with Crippen LogP contribution < -0.4 is 10.6 Å². The first-order chi connectivity index (χ1) is 10.3. The second-order valence-corrected chi connectivity index (χ2v) is 8.03. The minimum Gasteiger partial charge on any atom is -0.444 e. The molecule has 130 valence electrons. The molecule has 1 fully saturated rings. The van der Waals surface area contributed by atoms with Gasteiger partial charge in [-0.2, -0.15) is 0 Å². The van der Waals surface area contributed by atoms with E-state index in [1.807, 2.05) is 20.8 Å². The molecule has 22 heavy (non-hydrogen) atoms. The van der Waals surface area contributed by atoms with Crippen molar-refractivity contribution < 1.29 is 9.53 Å². The molecular formula is C18H36N2O2. The Morgan fingerprint density at radius 2 is 1.82 bits per heavy atom. The van der Waals surface area contributed by atoms with E-state index in [0.29, 0.717) is 18.4 Å². The molecule has 1 saturated carbocycles. The highest BCUT2D eigenvalue weighted by atomic mass is 16.6. The maximum Gasteiger partial charge on any atom is 0.407 e. The minimum atomic E-state index is -0.434. The summed E-state index contributed by atoms with van der Waals surface area (Å²) < 4.78 is 5.29. The highest BCUT2D eigenvalue weighted by molar-refractivity contribution is 5.67. The van der Waals surface area contributed by atoms with E-state index < -0.39 is 5.60 Å². The second kappa shape index (κ2) is 9.39. The molecule has 0 radical (unpaired) electrons. The standard InChI is InChI=1S/C18H36N2O2/c1-14(2)16(13-20-17(21)22-18(3,4)5)12-19-11-10-15-8-6-7-9-15/h14-16,19H,6-13H2,1-5H3,(H,20,21). The third-order valence-electron chi connectivity index (χ3n) is 4.46. The van der Waals surface area contributed by atoms with Gasteiger partial charge in [0.25, 0.3) is 0 Å². The van der Waals surface area contributed by atoms with Crippen LogP contribution in [0.3, 0.4) is 0 Å². The molecule has 0 aliphatic heterocycles. The molecule has 0 aromatic rings. The Balaban J connectivity index is 2.19. The zero-order valence-corrected chi connectivity index (χ0v) is 15.2. The lowest BCUT2D eigenvalue weighted by molar-refractivity contribution is 0.0515. The van der Waals surface area contributed by atoms with Gasteiger partial charge in [-0.25, -0.2) is 4.79 Å². The van der Waals surface area contributed by atoms with Crippen molar-refractivity contribution in [1.29, 1.82) is 0 Å². The molecule has 1 atom stereocenters. The predicted molar refractivity (Wildman–Crippen MR) is 92.0 cm³/mol. The number of rotatable bonds is 8. The summed E-state index contributed by atoms with van der Waals surface area (Å²) in [7, 11) is 0. The van der Waals surface area contributed by atoms with Gasteiger partial charge in [-0.05, 0) is 58.0 Å². The van der Waals surface area contributed by atoms with E-state index in [1.165, 1.54) is 32.1 Å². The molecule has 4 nitrogen and oxygen atoms in total. The van der Waals surface area contributed by atoms with Gasteiger partial charge in [0.2, 0.25) is 0 Å². The van der Waals surface area contributed by atoms with E-state index >= 15 is 0 Å². The number of amides is 1. The third kappa shape index (κ3) is 8.62. The van der Waals surface area contributed by atoms with Crippen molar-refractivity contribution in [1.82, 2.24) is 10.6 Å². The van der Waals surface area contributed by atoms with Gasteiger partial charge in [0, 0.05) is 6.54 Å². The summed E-state index contributed by atoms with van der Waals surface area (Å²) in [5.74, 6) is 1.91. The number of ether oxygens (including phenoxy) is 1. The van der Waals surface area contributed by atoms with Crippen LogP contribution in [0.1, 0.15) is 66.7 Å². The van der Waals surface area contributed by atoms with Gasteiger partial charge in [0.15, 0.2) is 0 Å². The number of nitrogens with one attached hydrogen (secondary N) is 2. The number of carbonyl (C=O) groups is 1. The molecule has 2 N–H and O–H groups in total. The topological polar surface area (TPSA) is 50.4 Å². The number of hydrogen-bond donors (Lipinski definition) is 2. The Hall–Kier alpha value is -0.770. The van der Waals surface area contributed by atoms with Crippen LogP contribution in [0.15, 0.2) is 0 Å². The van der Waals surface area contributed by atoms with Crippen LogP contribution >= 0.6 is 0 Å². The average molecular weight is 312 g/mol. The van der Waals surface area contributed by atoms with Crippen LogP contribution in [0.25, 0.3) is 0 Å². The third-order valence-corrected chi connectivity index (χ3v) is 4.46. The normalized spacial score (nSPS) is 17.7. The number of carbonyl (C=O) groups excluding carboxylic acids is 1. The zero-order chi connectivity index (χ0) is 16.6. The summed E-state index contributed by atoms with van der Waals surface area (Å²) in [6.45, 7) is 12.8. The van der Waals surface area contributed by atoms with E-state index in [-0.39, 0.29) is 6.09 Å². The van der Waals surface area contributed by atoms with Gasteiger partial charge in [-0.3, -0.25) is 0 Å². The molecule has 1 aliphatic carbocycles. The summed E-state index contributed by atoms with van der Waals surface area (Å²) in [5.41, 5.74) is -0.434. The highest BCUT2D eigenvalue weighted by Gasteiger charge is 2.19. The maximum absolute atomic E-state index is 11.7. The molecular weight excluding hydrogens is 276 g/mol. The van der Waals surface area contributed by atoms with Crippen molar-refractivity contribution in [2.24, 2.45) is 17.8 Å². The van der Waals surface area contributed by atoms with Gasteiger partial charge in [-0.1, -0.05) is 39.5 Å². The Labute approximate surface area is 136 Å². The first-order valence-corrected chi connectivity index (χ1v) is 8.95. The highest BCUT2D eigenvalue weighted by Crippen LogP contribution is 2.26. The molecule has 0 heterocycles. The first-order valence-electron chi connectivity index (χ1n) is 8.95. The summed E-state index contributed by atoms with van der Waals surface area (Å²) >= 11 is 0. The van der Waals surface area contributed by atoms with Gasteiger partial charge in [0.05, 0.1) is 0 Å². The lowest BCUT2D eigenvalue weighted by atomic mass is 9.95. The van der Waals surface area contributed by atoms with Crippen LogP contribution in [0, 0.1) is 17.8 Å². The molecule has 0 saturated heterocycles. The van der Waals surface area contributed by atoms with Gasteiger partial charge in [-0.15, -0.1) is 0 Å². The quantitative estimate of drug-likeness (QED) is 0.667. The van der Waals surface area contributed by atoms with Crippen molar-refractivity contribution >= 4 is 6.09 Å². The van der Waals surface area contributed by atoms with Crippen LogP contribution in [0.4, 0.5) is 4.79 Å². The molecule has 0 aromatic heterocycles. The lowest BCUT2D eigenvalue weighted by Gasteiger charge is -2.24. The summed E-state index contributed by atoms with van der Waals surface area (Å²) in [6.07, 6.45) is 6.64. The van der Waals surface area contributed by atoms with Crippen molar-refractivity contribution in [3.05, 3.63) is 0 Å². The van der Waals surface area contributed by atoms with Crippen LogP contribution in [0.5, 0.6) is 0 Å². The van der Waals surface area contributed by atoms with Gasteiger partial charge < -0.3 is 15.4 Å². The Morgan fingerprint density at radius 1 is 1.18 bits per heavy atom. The fourth-order valence-electron chi connectivity index (χ4n) is 2.96. The molecule has 1 amide bonds. The van der Waals surface area contributed by atoms with E-state index in [2.05, 4.69) is 24.5 Å². The van der Waals surface area contributed by atoms with Crippen LogP contribution in [0.2, 0.25) is 0 Å². The van der Waals surface area contributed by atoms with Crippen molar-refractivity contribution in [2.75, 3.05) is 19.6 Å². The molecule has 1 unspecified atom stereocenters. The molecule has 4 heteroatoms. The SMILES string of the molecule is CC(C)C(CNCCC1CCCC1)CNC(=O)OC(C)(C)C. The molecule has 0 spiro atoms. The first kappa shape index (κ1) is 19.3. The van der Waals surface area contributed by atoms with Crippen molar-refractivity contribution in [3.63, 3.8) is 0 Å². The van der Waals surface area contributed by atoms with E-state index in [0.717, 1.165) is 19.0 Å².